The largest absolute Gasteiger partial charge is 0.483 e. The summed E-state index contributed by atoms with van der Waals surface area (Å²) in [4.78, 5) is 16.7. The van der Waals surface area contributed by atoms with Crippen LogP contribution in [0.2, 0.25) is 0 Å². The van der Waals surface area contributed by atoms with Gasteiger partial charge in [-0.3, -0.25) is 9.69 Å². The summed E-state index contributed by atoms with van der Waals surface area (Å²) in [6.07, 6.45) is 1.46. The number of rotatable bonds is 6. The average molecular weight is 429 g/mol. The van der Waals surface area contributed by atoms with Gasteiger partial charge in [0, 0.05) is 38.6 Å². The van der Waals surface area contributed by atoms with Gasteiger partial charge in [0.05, 0.1) is 11.5 Å². The molecule has 4 rings (SSSR count). The maximum absolute atomic E-state index is 12.7. The lowest BCUT2D eigenvalue weighted by molar-refractivity contribution is -0.135. The van der Waals surface area contributed by atoms with Gasteiger partial charge in [-0.25, -0.2) is 8.42 Å². The Bertz CT molecular complexity index is 970. The predicted molar refractivity (Wildman–Crippen MR) is 116 cm³/mol. The molecule has 7 heteroatoms. The molecule has 2 aliphatic heterocycles. The fourth-order valence-corrected chi connectivity index (χ4v) is 6.00. The van der Waals surface area contributed by atoms with Crippen LogP contribution in [0.4, 0.5) is 0 Å². The molecule has 1 amide bonds. The second-order valence-electron chi connectivity index (χ2n) is 8.03. The number of piperazine rings is 1. The lowest BCUT2D eigenvalue weighted by atomic mass is 10.0. The number of hydrogen-bond acceptors (Lipinski definition) is 5. The van der Waals surface area contributed by atoms with Crippen molar-refractivity contribution in [2.45, 2.75) is 18.9 Å². The van der Waals surface area contributed by atoms with E-state index in [2.05, 4.69) is 17.0 Å². The van der Waals surface area contributed by atoms with Gasteiger partial charge in [-0.15, -0.1) is 0 Å². The first-order chi connectivity index (χ1) is 14.5. The molecule has 0 bridgehead atoms. The molecular weight excluding hydrogens is 400 g/mol. The number of sulfone groups is 1. The number of ether oxygens (including phenoxy) is 1. The fraction of sp³-hybridized carbons (Fsp3) is 0.435. The molecule has 0 aromatic heterocycles. The van der Waals surface area contributed by atoms with E-state index in [-0.39, 0.29) is 30.1 Å². The summed E-state index contributed by atoms with van der Waals surface area (Å²) in [6.45, 7) is 2.69. The van der Waals surface area contributed by atoms with Crippen molar-refractivity contribution in [3.63, 3.8) is 0 Å². The summed E-state index contributed by atoms with van der Waals surface area (Å²) in [5.74, 6) is 1.25. The number of carbonyl (C=O) groups is 1. The SMILES string of the molecule is O=C(COc1ccccc1Cc1ccccc1)N1CCN([C@@H]2CCS(=O)(=O)C2)CC1. The molecule has 2 aliphatic rings. The maximum Gasteiger partial charge on any atom is 0.260 e. The second kappa shape index (κ2) is 9.18. The molecule has 2 saturated heterocycles. The lowest BCUT2D eigenvalue weighted by Crippen LogP contribution is -2.53. The molecule has 0 N–H and O–H groups in total. The molecule has 2 aromatic carbocycles. The van der Waals surface area contributed by atoms with Crippen molar-refractivity contribution in [1.29, 1.82) is 0 Å². The Morgan fingerprint density at radius 3 is 2.37 bits per heavy atom. The Hall–Kier alpha value is -2.38. The second-order valence-corrected chi connectivity index (χ2v) is 10.3. The number of hydrogen-bond donors (Lipinski definition) is 0. The first-order valence-electron chi connectivity index (χ1n) is 10.5. The van der Waals surface area contributed by atoms with E-state index in [4.69, 9.17) is 4.74 Å². The highest BCUT2D eigenvalue weighted by atomic mass is 32.2. The van der Waals surface area contributed by atoms with Crippen LogP contribution in [0.25, 0.3) is 0 Å². The summed E-state index contributed by atoms with van der Waals surface area (Å²) >= 11 is 0. The molecule has 0 saturated carbocycles. The maximum atomic E-state index is 12.7. The number of benzene rings is 2. The normalized spacial score (nSPS) is 21.5. The van der Waals surface area contributed by atoms with Crippen LogP contribution < -0.4 is 4.74 Å². The predicted octanol–water partition coefficient (Wildman–Crippen LogP) is 1.99. The van der Waals surface area contributed by atoms with Crippen LogP contribution in [-0.2, 0) is 21.1 Å². The molecule has 160 valence electrons. The zero-order valence-corrected chi connectivity index (χ0v) is 17.9. The Balaban J connectivity index is 1.29. The van der Waals surface area contributed by atoms with Gasteiger partial charge >= 0.3 is 0 Å². The summed E-state index contributed by atoms with van der Waals surface area (Å²) in [5, 5.41) is 0. The molecular formula is C23H28N2O4S. The molecule has 2 fully saturated rings. The van der Waals surface area contributed by atoms with E-state index in [0.29, 0.717) is 19.5 Å². The molecule has 30 heavy (non-hydrogen) atoms. The summed E-state index contributed by atoms with van der Waals surface area (Å²) in [6, 6.07) is 18.1. The zero-order valence-electron chi connectivity index (χ0n) is 17.1. The molecule has 2 heterocycles. The minimum atomic E-state index is -2.88. The molecule has 0 unspecified atom stereocenters. The third-order valence-corrected chi connectivity index (χ3v) is 7.70. The molecule has 1 atom stereocenters. The summed E-state index contributed by atoms with van der Waals surface area (Å²) < 4.78 is 29.3. The van der Waals surface area contributed by atoms with Crippen molar-refractivity contribution in [2.24, 2.45) is 0 Å². The molecule has 0 spiro atoms. The van der Waals surface area contributed by atoms with Gasteiger partial charge in [-0.2, -0.15) is 0 Å². The first-order valence-corrected chi connectivity index (χ1v) is 12.3. The number of nitrogens with zero attached hydrogens (tertiary/aromatic N) is 2. The molecule has 0 radical (unpaired) electrons. The molecule has 2 aromatic rings. The van der Waals surface area contributed by atoms with Gasteiger partial charge in [-0.05, 0) is 23.6 Å². The van der Waals surface area contributed by atoms with Gasteiger partial charge in [0.2, 0.25) is 0 Å². The van der Waals surface area contributed by atoms with E-state index in [1.807, 2.05) is 47.4 Å². The van der Waals surface area contributed by atoms with Crippen molar-refractivity contribution in [1.82, 2.24) is 9.80 Å². The van der Waals surface area contributed by atoms with Gasteiger partial charge in [-0.1, -0.05) is 48.5 Å². The van der Waals surface area contributed by atoms with Crippen molar-refractivity contribution < 1.29 is 17.9 Å². The monoisotopic (exact) mass is 428 g/mol. The smallest absolute Gasteiger partial charge is 0.260 e. The number of amides is 1. The number of para-hydroxylation sites is 1. The minimum Gasteiger partial charge on any atom is -0.483 e. The number of carbonyl (C=O) groups excluding carboxylic acids is 1. The quantitative estimate of drug-likeness (QED) is 0.704. The summed E-state index contributed by atoms with van der Waals surface area (Å²) in [5.41, 5.74) is 2.26. The van der Waals surface area contributed by atoms with Crippen molar-refractivity contribution in [3.8, 4) is 5.75 Å². The van der Waals surface area contributed by atoms with Crippen LogP contribution in [0.1, 0.15) is 17.5 Å². The highest BCUT2D eigenvalue weighted by Gasteiger charge is 2.34. The van der Waals surface area contributed by atoms with E-state index < -0.39 is 9.84 Å². The Morgan fingerprint density at radius 2 is 1.67 bits per heavy atom. The highest BCUT2D eigenvalue weighted by Crippen LogP contribution is 2.22. The van der Waals surface area contributed by atoms with Crippen LogP contribution in [0, 0.1) is 0 Å². The lowest BCUT2D eigenvalue weighted by Gasteiger charge is -2.37. The van der Waals surface area contributed by atoms with E-state index in [0.717, 1.165) is 30.8 Å². The minimum absolute atomic E-state index is 0.0175. The van der Waals surface area contributed by atoms with Crippen LogP contribution in [0.15, 0.2) is 54.6 Å². The average Bonchev–Trinajstić information content (AvgIpc) is 3.13. The van der Waals surface area contributed by atoms with Crippen LogP contribution in [0.3, 0.4) is 0 Å². The van der Waals surface area contributed by atoms with E-state index >= 15 is 0 Å². The van der Waals surface area contributed by atoms with Crippen LogP contribution in [-0.4, -0.2) is 74.5 Å². The highest BCUT2D eigenvalue weighted by molar-refractivity contribution is 7.91. The van der Waals surface area contributed by atoms with Crippen molar-refractivity contribution in [2.75, 3.05) is 44.3 Å². The molecule has 0 aliphatic carbocycles. The standard InChI is InChI=1S/C23H28N2O4S/c26-23(25-13-11-24(12-14-25)21-10-15-30(27,28)18-21)17-29-22-9-5-4-8-20(22)16-19-6-2-1-3-7-19/h1-9,21H,10-18H2/t21-/m1/s1. The zero-order chi connectivity index (χ0) is 21.0. The third kappa shape index (κ3) is 5.21. The van der Waals surface area contributed by atoms with Crippen LogP contribution in [0.5, 0.6) is 5.75 Å². The van der Waals surface area contributed by atoms with Crippen LogP contribution >= 0.6 is 0 Å². The van der Waals surface area contributed by atoms with Gasteiger partial charge in [0.15, 0.2) is 16.4 Å². The Morgan fingerprint density at radius 1 is 0.967 bits per heavy atom. The third-order valence-electron chi connectivity index (χ3n) is 5.95. The summed E-state index contributed by atoms with van der Waals surface area (Å²) in [7, 11) is -2.88. The topological polar surface area (TPSA) is 66.9 Å². The van der Waals surface area contributed by atoms with Gasteiger partial charge < -0.3 is 9.64 Å². The van der Waals surface area contributed by atoms with Gasteiger partial charge in [0.1, 0.15) is 5.75 Å². The van der Waals surface area contributed by atoms with E-state index in [1.54, 1.807) is 0 Å². The van der Waals surface area contributed by atoms with Gasteiger partial charge in [0.25, 0.3) is 5.91 Å². The molecule has 6 nitrogen and oxygen atoms in total. The Kier molecular flexibility index (Phi) is 6.39. The van der Waals surface area contributed by atoms with Crippen molar-refractivity contribution in [3.05, 3.63) is 65.7 Å². The Labute approximate surface area is 178 Å². The van der Waals surface area contributed by atoms with E-state index in [1.165, 1.54) is 5.56 Å². The van der Waals surface area contributed by atoms with E-state index in [9.17, 15) is 13.2 Å². The van der Waals surface area contributed by atoms with Crippen molar-refractivity contribution >= 4 is 15.7 Å². The first kappa shape index (κ1) is 20.9. The fourth-order valence-electron chi connectivity index (χ4n) is 4.24.